The predicted molar refractivity (Wildman–Crippen MR) is 79.4 cm³/mol. The molecule has 0 bridgehead atoms. The number of carbonyl (C=O) groups is 1. The van der Waals surface area contributed by atoms with Crippen molar-refractivity contribution in [3.8, 4) is 0 Å². The molecule has 0 aliphatic rings. The van der Waals surface area contributed by atoms with Gasteiger partial charge in [0.2, 0.25) is 0 Å². The molecule has 0 radical (unpaired) electrons. The van der Waals surface area contributed by atoms with Crippen LogP contribution in [0, 0.1) is 6.92 Å². The van der Waals surface area contributed by atoms with Crippen molar-refractivity contribution in [3.63, 3.8) is 0 Å². The lowest BCUT2D eigenvalue weighted by Crippen LogP contribution is -2.18. The van der Waals surface area contributed by atoms with E-state index in [9.17, 15) is 4.79 Å². The first-order valence-corrected chi connectivity index (χ1v) is 6.54. The largest absolute Gasteiger partial charge is 0.465 e. The Kier molecular flexibility index (Phi) is 4.35. The number of aryl methyl sites for hydroxylation is 1. The molecule has 1 heterocycles. The van der Waals surface area contributed by atoms with Crippen molar-refractivity contribution in [2.75, 3.05) is 18.6 Å². The number of aromatic nitrogens is 1. The summed E-state index contributed by atoms with van der Waals surface area (Å²) in [6.45, 7) is 4.87. The second-order valence-electron chi connectivity index (χ2n) is 4.48. The molecule has 20 heavy (non-hydrogen) atoms. The number of carbonyl (C=O) groups excluding carboxylic acids is 1. The van der Waals surface area contributed by atoms with Crippen molar-refractivity contribution in [2.45, 2.75) is 13.8 Å². The van der Waals surface area contributed by atoms with Crippen LogP contribution in [0.4, 0.5) is 11.5 Å². The molecule has 0 spiro atoms. The first-order valence-electron chi connectivity index (χ1n) is 6.54. The fourth-order valence-corrected chi connectivity index (χ4v) is 2.08. The third-order valence-electron chi connectivity index (χ3n) is 3.07. The highest BCUT2D eigenvalue weighted by molar-refractivity contribution is 5.90. The first kappa shape index (κ1) is 14.1. The van der Waals surface area contributed by atoms with E-state index < -0.39 is 0 Å². The minimum Gasteiger partial charge on any atom is -0.465 e. The number of anilines is 2. The molecular formula is C16H18N2O2. The lowest BCUT2D eigenvalue weighted by atomic mass is 10.2. The van der Waals surface area contributed by atoms with E-state index in [0.717, 1.165) is 18.1 Å². The van der Waals surface area contributed by atoms with Crippen LogP contribution in [0.3, 0.4) is 0 Å². The fraction of sp³-hybridized carbons (Fsp3) is 0.250. The van der Waals surface area contributed by atoms with Gasteiger partial charge in [-0.25, -0.2) is 9.78 Å². The number of nitrogens with zero attached hydrogens (tertiary/aromatic N) is 2. The maximum atomic E-state index is 11.6. The van der Waals surface area contributed by atoms with Crippen molar-refractivity contribution in [1.82, 2.24) is 4.98 Å². The molecule has 0 aliphatic carbocycles. The van der Waals surface area contributed by atoms with Crippen molar-refractivity contribution in [2.24, 2.45) is 0 Å². The molecule has 0 saturated heterocycles. The van der Waals surface area contributed by atoms with Crippen molar-refractivity contribution in [3.05, 3.63) is 53.7 Å². The Morgan fingerprint density at radius 1 is 1.30 bits per heavy atom. The quantitative estimate of drug-likeness (QED) is 0.799. The zero-order valence-electron chi connectivity index (χ0n) is 12.0. The van der Waals surface area contributed by atoms with E-state index in [4.69, 9.17) is 4.74 Å². The average molecular weight is 270 g/mol. The second-order valence-corrected chi connectivity index (χ2v) is 4.48. The van der Waals surface area contributed by atoms with Gasteiger partial charge in [-0.05, 0) is 43.7 Å². The van der Waals surface area contributed by atoms with Gasteiger partial charge in [0, 0.05) is 18.4 Å². The van der Waals surface area contributed by atoms with Gasteiger partial charge in [0.15, 0.2) is 0 Å². The van der Waals surface area contributed by atoms with Gasteiger partial charge in [-0.2, -0.15) is 0 Å². The summed E-state index contributed by atoms with van der Waals surface area (Å²) in [6, 6.07) is 11.6. The van der Waals surface area contributed by atoms with Crippen molar-refractivity contribution >= 4 is 17.5 Å². The normalized spacial score (nSPS) is 10.2. The SMILES string of the molecule is CCN(c1cccc(C)c1)c1cc(C(=O)OC)ccn1. The number of methoxy groups -OCH3 is 1. The molecule has 2 rings (SSSR count). The summed E-state index contributed by atoms with van der Waals surface area (Å²) >= 11 is 0. The van der Waals surface area contributed by atoms with Gasteiger partial charge in [-0.1, -0.05) is 12.1 Å². The third kappa shape index (κ3) is 2.96. The van der Waals surface area contributed by atoms with Crippen LogP contribution < -0.4 is 4.90 Å². The van der Waals surface area contributed by atoms with Gasteiger partial charge in [0.1, 0.15) is 5.82 Å². The molecule has 104 valence electrons. The summed E-state index contributed by atoms with van der Waals surface area (Å²) in [5, 5.41) is 0. The predicted octanol–water partition coefficient (Wildman–Crippen LogP) is 3.33. The number of ether oxygens (including phenoxy) is 1. The van der Waals surface area contributed by atoms with Gasteiger partial charge in [-0.3, -0.25) is 0 Å². The van der Waals surface area contributed by atoms with E-state index in [1.54, 1.807) is 18.3 Å². The Hall–Kier alpha value is -2.36. The van der Waals surface area contributed by atoms with Crippen LogP contribution in [0.25, 0.3) is 0 Å². The molecule has 1 aromatic carbocycles. The molecule has 4 nitrogen and oxygen atoms in total. The molecule has 0 amide bonds. The van der Waals surface area contributed by atoms with Crippen LogP contribution in [-0.4, -0.2) is 24.6 Å². The van der Waals surface area contributed by atoms with Gasteiger partial charge in [0.25, 0.3) is 0 Å². The average Bonchev–Trinajstić information content (AvgIpc) is 2.47. The number of hydrogen-bond donors (Lipinski definition) is 0. The highest BCUT2D eigenvalue weighted by Crippen LogP contribution is 2.24. The van der Waals surface area contributed by atoms with Gasteiger partial charge < -0.3 is 9.64 Å². The number of hydrogen-bond acceptors (Lipinski definition) is 4. The minimum atomic E-state index is -0.353. The van der Waals surface area contributed by atoms with Crippen LogP contribution in [-0.2, 0) is 4.74 Å². The smallest absolute Gasteiger partial charge is 0.338 e. The van der Waals surface area contributed by atoms with E-state index in [1.165, 1.54) is 12.7 Å². The molecular weight excluding hydrogens is 252 g/mol. The van der Waals surface area contributed by atoms with E-state index in [1.807, 2.05) is 12.1 Å². The molecule has 0 atom stereocenters. The number of pyridine rings is 1. The zero-order valence-corrected chi connectivity index (χ0v) is 12.0. The van der Waals surface area contributed by atoms with Crippen molar-refractivity contribution < 1.29 is 9.53 Å². The summed E-state index contributed by atoms with van der Waals surface area (Å²) in [5.41, 5.74) is 2.75. The molecule has 0 fully saturated rings. The van der Waals surface area contributed by atoms with Gasteiger partial charge in [-0.15, -0.1) is 0 Å². The molecule has 4 heteroatoms. The maximum absolute atomic E-state index is 11.6. The van der Waals surface area contributed by atoms with Gasteiger partial charge >= 0.3 is 5.97 Å². The van der Waals surface area contributed by atoms with Crippen molar-refractivity contribution in [1.29, 1.82) is 0 Å². The lowest BCUT2D eigenvalue weighted by Gasteiger charge is -2.22. The summed E-state index contributed by atoms with van der Waals surface area (Å²) in [7, 11) is 1.38. The Labute approximate surface area is 119 Å². The Bertz CT molecular complexity index is 611. The summed E-state index contributed by atoms with van der Waals surface area (Å²) in [6.07, 6.45) is 1.63. The molecule has 0 saturated carbocycles. The summed E-state index contributed by atoms with van der Waals surface area (Å²) in [4.78, 5) is 18.0. The van der Waals surface area contributed by atoms with Crippen LogP contribution in [0.2, 0.25) is 0 Å². The second kappa shape index (κ2) is 6.19. The first-order chi connectivity index (χ1) is 9.65. The number of rotatable bonds is 4. The Balaban J connectivity index is 2.39. The number of esters is 1. The topological polar surface area (TPSA) is 42.4 Å². The highest BCUT2D eigenvalue weighted by atomic mass is 16.5. The van der Waals surface area contributed by atoms with E-state index in [2.05, 4.69) is 35.9 Å². The van der Waals surface area contributed by atoms with E-state index in [-0.39, 0.29) is 5.97 Å². The van der Waals surface area contributed by atoms with Crippen LogP contribution in [0.5, 0.6) is 0 Å². The van der Waals surface area contributed by atoms with Crippen LogP contribution >= 0.6 is 0 Å². The van der Waals surface area contributed by atoms with Crippen LogP contribution in [0.15, 0.2) is 42.6 Å². The maximum Gasteiger partial charge on any atom is 0.338 e. The fourth-order valence-electron chi connectivity index (χ4n) is 2.08. The minimum absolute atomic E-state index is 0.353. The molecule has 0 N–H and O–H groups in total. The van der Waals surface area contributed by atoms with Crippen LogP contribution in [0.1, 0.15) is 22.8 Å². The van der Waals surface area contributed by atoms with E-state index in [0.29, 0.717) is 5.56 Å². The zero-order chi connectivity index (χ0) is 14.5. The molecule has 2 aromatic rings. The molecule has 0 aliphatic heterocycles. The summed E-state index contributed by atoms with van der Waals surface area (Å²) < 4.78 is 4.74. The number of benzene rings is 1. The highest BCUT2D eigenvalue weighted by Gasteiger charge is 2.12. The standard InChI is InChI=1S/C16H18N2O2/c1-4-18(14-7-5-6-12(2)10-14)15-11-13(8-9-17-15)16(19)20-3/h5-11H,4H2,1-3H3. The Morgan fingerprint density at radius 2 is 2.10 bits per heavy atom. The molecule has 0 unspecified atom stereocenters. The third-order valence-corrected chi connectivity index (χ3v) is 3.07. The monoisotopic (exact) mass is 270 g/mol. The summed E-state index contributed by atoms with van der Waals surface area (Å²) in [5.74, 6) is 0.384. The lowest BCUT2D eigenvalue weighted by molar-refractivity contribution is 0.0600. The Morgan fingerprint density at radius 3 is 2.75 bits per heavy atom. The van der Waals surface area contributed by atoms with Gasteiger partial charge in [0.05, 0.1) is 12.7 Å². The van der Waals surface area contributed by atoms with E-state index >= 15 is 0 Å². The molecule has 1 aromatic heterocycles.